The first kappa shape index (κ1) is 22.2. The minimum Gasteiger partial charge on any atom is -0.304 e. The number of aromatic nitrogens is 1. The van der Waals surface area contributed by atoms with E-state index in [9.17, 15) is 12.8 Å². The monoisotopic (exact) mass is 429 g/mol. The van der Waals surface area contributed by atoms with Crippen LogP contribution in [0.1, 0.15) is 5.56 Å². The Bertz CT molecular complexity index is 1070. The molecule has 2 aromatic carbocycles. The van der Waals surface area contributed by atoms with Crippen LogP contribution in [0.4, 0.5) is 4.39 Å². The minimum atomic E-state index is -3.37. The SMILES string of the molecule is C=CCS(=O)(=O)n1ccc2c(CN3CCN(C)CC3)cccc21.Fc1ccccc1. The van der Waals surface area contributed by atoms with Crippen LogP contribution < -0.4 is 0 Å². The first-order valence-corrected chi connectivity index (χ1v) is 11.6. The Kier molecular flexibility index (Phi) is 7.42. The van der Waals surface area contributed by atoms with Crippen molar-refractivity contribution in [3.63, 3.8) is 0 Å². The van der Waals surface area contributed by atoms with Gasteiger partial charge in [0, 0.05) is 44.3 Å². The van der Waals surface area contributed by atoms with E-state index in [2.05, 4.69) is 29.5 Å². The second-order valence-electron chi connectivity index (χ2n) is 7.40. The lowest BCUT2D eigenvalue weighted by atomic mass is 10.1. The van der Waals surface area contributed by atoms with Gasteiger partial charge in [0.2, 0.25) is 10.0 Å². The van der Waals surface area contributed by atoms with E-state index in [0.717, 1.165) is 43.6 Å². The van der Waals surface area contributed by atoms with Crippen LogP contribution in [0, 0.1) is 5.82 Å². The van der Waals surface area contributed by atoms with Crippen LogP contribution in [-0.2, 0) is 16.6 Å². The predicted molar refractivity (Wildman–Crippen MR) is 120 cm³/mol. The Morgan fingerprint density at radius 3 is 2.30 bits per heavy atom. The summed E-state index contributed by atoms with van der Waals surface area (Å²) in [5, 5.41) is 1.01. The maximum atomic E-state index is 12.3. The van der Waals surface area contributed by atoms with E-state index < -0.39 is 10.0 Å². The molecule has 30 heavy (non-hydrogen) atoms. The largest absolute Gasteiger partial charge is 0.304 e. The van der Waals surface area contributed by atoms with Gasteiger partial charge in [-0.3, -0.25) is 4.90 Å². The molecule has 2 heterocycles. The smallest absolute Gasteiger partial charge is 0.242 e. The van der Waals surface area contributed by atoms with Gasteiger partial charge in [0.05, 0.1) is 11.3 Å². The fourth-order valence-corrected chi connectivity index (χ4v) is 4.64. The molecule has 1 fully saturated rings. The van der Waals surface area contributed by atoms with Gasteiger partial charge in [0.15, 0.2) is 0 Å². The highest BCUT2D eigenvalue weighted by Gasteiger charge is 2.18. The number of rotatable bonds is 5. The zero-order chi connectivity index (χ0) is 21.6. The molecule has 0 amide bonds. The molecule has 5 nitrogen and oxygen atoms in total. The fourth-order valence-electron chi connectivity index (χ4n) is 3.48. The number of hydrogen-bond acceptors (Lipinski definition) is 4. The lowest BCUT2D eigenvalue weighted by molar-refractivity contribution is 0.148. The third-order valence-electron chi connectivity index (χ3n) is 5.14. The Hall–Kier alpha value is -2.48. The van der Waals surface area contributed by atoms with Crippen molar-refractivity contribution in [3.05, 3.63) is 84.8 Å². The molecule has 0 N–H and O–H groups in total. The number of halogens is 1. The lowest BCUT2D eigenvalue weighted by Crippen LogP contribution is -2.43. The molecule has 1 aliphatic heterocycles. The highest BCUT2D eigenvalue weighted by Crippen LogP contribution is 2.23. The van der Waals surface area contributed by atoms with Gasteiger partial charge in [-0.2, -0.15) is 0 Å². The number of fused-ring (bicyclic) bond motifs is 1. The van der Waals surface area contributed by atoms with Gasteiger partial charge >= 0.3 is 0 Å². The second-order valence-corrected chi connectivity index (χ2v) is 9.29. The molecule has 4 rings (SSSR count). The van der Waals surface area contributed by atoms with Crippen molar-refractivity contribution in [2.45, 2.75) is 6.54 Å². The highest BCUT2D eigenvalue weighted by atomic mass is 32.2. The maximum absolute atomic E-state index is 12.3. The summed E-state index contributed by atoms with van der Waals surface area (Å²) in [6, 6.07) is 15.7. The average Bonchev–Trinajstić information content (AvgIpc) is 3.17. The molecule has 1 aliphatic rings. The molecule has 0 radical (unpaired) electrons. The summed E-state index contributed by atoms with van der Waals surface area (Å²) in [5.41, 5.74) is 1.93. The third kappa shape index (κ3) is 5.56. The summed E-state index contributed by atoms with van der Waals surface area (Å²) in [7, 11) is -1.23. The standard InChI is InChI=1S/C17H23N3O2S.C6H5F/c1-3-13-23(21,22)20-8-7-16-15(5-4-6-17(16)20)14-19-11-9-18(2)10-12-19;7-6-4-2-1-3-5-6/h3-8H,1,9-14H2,2H3;1-5H. The van der Waals surface area contributed by atoms with Crippen molar-refractivity contribution < 1.29 is 12.8 Å². The molecule has 1 saturated heterocycles. The molecular weight excluding hydrogens is 401 g/mol. The summed E-state index contributed by atoms with van der Waals surface area (Å²) < 4.78 is 37.9. The van der Waals surface area contributed by atoms with Gasteiger partial charge < -0.3 is 4.90 Å². The molecule has 3 aromatic rings. The Labute approximate surface area is 178 Å². The van der Waals surface area contributed by atoms with Gasteiger partial charge in [-0.05, 0) is 36.9 Å². The van der Waals surface area contributed by atoms with E-state index in [4.69, 9.17) is 0 Å². The minimum absolute atomic E-state index is 0.0561. The van der Waals surface area contributed by atoms with Crippen molar-refractivity contribution in [1.29, 1.82) is 0 Å². The van der Waals surface area contributed by atoms with E-state index in [-0.39, 0.29) is 11.6 Å². The fraction of sp³-hybridized carbons (Fsp3) is 0.304. The van der Waals surface area contributed by atoms with E-state index >= 15 is 0 Å². The Morgan fingerprint density at radius 2 is 1.70 bits per heavy atom. The quantitative estimate of drug-likeness (QED) is 0.582. The normalized spacial score (nSPS) is 15.5. The van der Waals surface area contributed by atoms with Crippen molar-refractivity contribution in [1.82, 2.24) is 13.8 Å². The Morgan fingerprint density at radius 1 is 1.00 bits per heavy atom. The predicted octanol–water partition coefficient (Wildman–Crippen LogP) is 3.58. The topological polar surface area (TPSA) is 45.6 Å². The van der Waals surface area contributed by atoms with Crippen LogP contribution in [-0.4, -0.2) is 61.2 Å². The molecule has 0 unspecified atom stereocenters. The van der Waals surface area contributed by atoms with Crippen molar-refractivity contribution in [2.75, 3.05) is 39.0 Å². The molecule has 1 aromatic heterocycles. The van der Waals surface area contributed by atoms with Gasteiger partial charge in [-0.1, -0.05) is 36.4 Å². The zero-order valence-corrected chi connectivity index (χ0v) is 18.1. The third-order valence-corrected chi connectivity index (χ3v) is 6.71. The molecule has 0 bridgehead atoms. The van der Waals surface area contributed by atoms with E-state index in [1.54, 1.807) is 24.4 Å². The van der Waals surface area contributed by atoms with Gasteiger partial charge in [-0.25, -0.2) is 16.8 Å². The molecular formula is C23H28FN3O2S. The van der Waals surface area contributed by atoms with Crippen LogP contribution in [0.25, 0.3) is 10.9 Å². The highest BCUT2D eigenvalue weighted by molar-refractivity contribution is 7.90. The van der Waals surface area contributed by atoms with Crippen LogP contribution in [0.5, 0.6) is 0 Å². The van der Waals surface area contributed by atoms with Gasteiger partial charge in [-0.15, -0.1) is 6.58 Å². The first-order chi connectivity index (χ1) is 14.4. The van der Waals surface area contributed by atoms with Crippen molar-refractivity contribution in [3.8, 4) is 0 Å². The molecule has 0 saturated carbocycles. The first-order valence-electron chi connectivity index (χ1n) is 9.95. The summed E-state index contributed by atoms with van der Waals surface area (Å²) in [4.78, 5) is 4.75. The summed E-state index contributed by atoms with van der Waals surface area (Å²) in [6.07, 6.45) is 3.08. The van der Waals surface area contributed by atoms with Crippen LogP contribution >= 0.6 is 0 Å². The average molecular weight is 430 g/mol. The maximum Gasteiger partial charge on any atom is 0.242 e. The van der Waals surface area contributed by atoms with Gasteiger partial charge in [0.1, 0.15) is 5.82 Å². The molecule has 0 spiro atoms. The number of likely N-dealkylation sites (N-methyl/N-ethyl adjacent to an activating group) is 1. The van der Waals surface area contributed by atoms with E-state index in [1.165, 1.54) is 27.7 Å². The summed E-state index contributed by atoms with van der Waals surface area (Å²) in [5.74, 6) is -0.234. The number of benzene rings is 2. The molecule has 160 valence electrons. The van der Waals surface area contributed by atoms with Crippen LogP contribution in [0.3, 0.4) is 0 Å². The molecule has 0 atom stereocenters. The zero-order valence-electron chi connectivity index (χ0n) is 17.2. The summed E-state index contributed by atoms with van der Waals surface area (Å²) in [6.45, 7) is 8.63. The van der Waals surface area contributed by atoms with Crippen molar-refractivity contribution in [2.24, 2.45) is 0 Å². The molecule has 0 aliphatic carbocycles. The Balaban J connectivity index is 0.000000310. The number of nitrogens with zero attached hydrogens (tertiary/aromatic N) is 3. The van der Waals surface area contributed by atoms with Crippen LogP contribution in [0.2, 0.25) is 0 Å². The van der Waals surface area contributed by atoms with Crippen LogP contribution in [0.15, 0.2) is 73.4 Å². The number of piperazine rings is 1. The van der Waals surface area contributed by atoms with Gasteiger partial charge in [0.25, 0.3) is 0 Å². The second kappa shape index (κ2) is 10.0. The van der Waals surface area contributed by atoms with E-state index in [1.807, 2.05) is 18.2 Å². The summed E-state index contributed by atoms with van der Waals surface area (Å²) >= 11 is 0. The van der Waals surface area contributed by atoms with E-state index in [0.29, 0.717) is 0 Å². The molecule has 7 heteroatoms. The number of hydrogen-bond donors (Lipinski definition) is 0. The van der Waals surface area contributed by atoms with Crippen molar-refractivity contribution >= 4 is 20.9 Å². The lowest BCUT2D eigenvalue weighted by Gasteiger charge is -2.32.